The van der Waals surface area contributed by atoms with E-state index >= 15 is 0 Å². The van der Waals surface area contributed by atoms with Crippen LogP contribution in [0.1, 0.15) is 58.1 Å². The number of rotatable bonds is 9. The summed E-state index contributed by atoms with van der Waals surface area (Å²) in [6, 6.07) is 8.70. The van der Waals surface area contributed by atoms with Gasteiger partial charge in [-0.25, -0.2) is 0 Å². The van der Waals surface area contributed by atoms with Gasteiger partial charge in [0, 0.05) is 22.4 Å². The molecule has 1 atom stereocenters. The topological polar surface area (TPSA) is 12.0 Å². The summed E-state index contributed by atoms with van der Waals surface area (Å²) in [5.41, 5.74) is 1.35. The van der Waals surface area contributed by atoms with Crippen molar-refractivity contribution in [2.24, 2.45) is 0 Å². The summed E-state index contributed by atoms with van der Waals surface area (Å²) in [5.74, 6) is 0. The van der Waals surface area contributed by atoms with Crippen LogP contribution < -0.4 is 5.32 Å². The van der Waals surface area contributed by atoms with E-state index in [9.17, 15) is 0 Å². The summed E-state index contributed by atoms with van der Waals surface area (Å²) in [6.45, 7) is 7.89. The van der Waals surface area contributed by atoms with Crippen molar-refractivity contribution >= 4 is 23.4 Å². The fraction of sp³-hybridized carbons (Fsp3) is 0.647. The quantitative estimate of drug-likeness (QED) is 0.628. The van der Waals surface area contributed by atoms with Crippen LogP contribution in [0.15, 0.2) is 24.3 Å². The van der Waals surface area contributed by atoms with Crippen LogP contribution in [0.3, 0.4) is 0 Å². The average molecular weight is 314 g/mol. The molecule has 0 aliphatic rings. The highest BCUT2D eigenvalue weighted by Crippen LogP contribution is 2.31. The third kappa shape index (κ3) is 4.98. The number of hydrogen-bond acceptors (Lipinski definition) is 2. The molecule has 0 bridgehead atoms. The van der Waals surface area contributed by atoms with Gasteiger partial charge in [0.25, 0.3) is 0 Å². The molecule has 1 rings (SSSR count). The summed E-state index contributed by atoms with van der Waals surface area (Å²) >= 11 is 7.98. The van der Waals surface area contributed by atoms with Crippen LogP contribution in [0.2, 0.25) is 5.02 Å². The molecule has 0 spiro atoms. The fourth-order valence-corrected chi connectivity index (χ4v) is 3.47. The van der Waals surface area contributed by atoms with Gasteiger partial charge >= 0.3 is 0 Å². The smallest absolute Gasteiger partial charge is 0.0406 e. The van der Waals surface area contributed by atoms with Crippen molar-refractivity contribution in [2.45, 2.75) is 57.2 Å². The highest BCUT2D eigenvalue weighted by Gasteiger charge is 2.25. The lowest BCUT2D eigenvalue weighted by atomic mass is 9.98. The molecular formula is C17H28ClNS. The summed E-state index contributed by atoms with van der Waals surface area (Å²) in [4.78, 5) is 0. The number of nitrogens with one attached hydrogen (secondary N) is 1. The Balaban J connectivity index is 2.74. The van der Waals surface area contributed by atoms with Crippen molar-refractivity contribution in [3.8, 4) is 0 Å². The molecule has 1 unspecified atom stereocenters. The zero-order valence-electron chi connectivity index (χ0n) is 13.2. The molecule has 0 saturated heterocycles. The lowest BCUT2D eigenvalue weighted by molar-refractivity contribution is 0.427. The van der Waals surface area contributed by atoms with Gasteiger partial charge in [-0.15, -0.1) is 0 Å². The van der Waals surface area contributed by atoms with Crippen LogP contribution >= 0.6 is 23.4 Å². The second-order valence-electron chi connectivity index (χ2n) is 5.37. The Labute approximate surface area is 133 Å². The maximum absolute atomic E-state index is 5.99. The second-order valence-corrected chi connectivity index (χ2v) is 7.08. The Morgan fingerprint density at radius 1 is 1.15 bits per heavy atom. The van der Waals surface area contributed by atoms with E-state index in [0.29, 0.717) is 10.8 Å². The Hall–Kier alpha value is -0.180. The minimum Gasteiger partial charge on any atom is -0.309 e. The average Bonchev–Trinajstić information content (AvgIpc) is 2.49. The van der Waals surface area contributed by atoms with Crippen molar-refractivity contribution in [2.75, 3.05) is 12.8 Å². The molecule has 1 aromatic carbocycles. The van der Waals surface area contributed by atoms with Gasteiger partial charge in [0.2, 0.25) is 0 Å². The highest BCUT2D eigenvalue weighted by atomic mass is 35.5. The number of thioether (sulfide) groups is 1. The molecule has 0 aliphatic carbocycles. The lowest BCUT2D eigenvalue weighted by Crippen LogP contribution is -2.38. The van der Waals surface area contributed by atoms with Crippen molar-refractivity contribution in [1.29, 1.82) is 0 Å². The molecule has 0 amide bonds. The molecule has 3 heteroatoms. The Morgan fingerprint density at radius 2 is 1.75 bits per heavy atom. The second kappa shape index (κ2) is 8.96. The van der Waals surface area contributed by atoms with Crippen molar-refractivity contribution in [3.63, 3.8) is 0 Å². The zero-order chi connectivity index (χ0) is 15.0. The van der Waals surface area contributed by atoms with Gasteiger partial charge in [0.05, 0.1) is 0 Å². The first-order valence-electron chi connectivity index (χ1n) is 7.64. The van der Waals surface area contributed by atoms with Gasteiger partial charge < -0.3 is 5.32 Å². The molecule has 1 nitrogen and oxygen atoms in total. The van der Waals surface area contributed by atoms with Crippen molar-refractivity contribution < 1.29 is 0 Å². The van der Waals surface area contributed by atoms with Crippen molar-refractivity contribution in [1.82, 2.24) is 5.32 Å². The van der Waals surface area contributed by atoms with Crippen LogP contribution in [0, 0.1) is 0 Å². The predicted molar refractivity (Wildman–Crippen MR) is 93.9 cm³/mol. The molecule has 114 valence electrons. The van der Waals surface area contributed by atoms with E-state index in [2.05, 4.69) is 44.5 Å². The van der Waals surface area contributed by atoms with E-state index in [1.54, 1.807) is 0 Å². The van der Waals surface area contributed by atoms with Gasteiger partial charge in [0.1, 0.15) is 0 Å². The monoisotopic (exact) mass is 313 g/mol. The standard InChI is InChI=1S/C17H28ClNS/c1-5-8-16(14-9-11-15(18)12-10-14)19-13-17(6-2,7-3)20-4/h9-12,16,19H,5-8,13H2,1-4H3. The van der Waals surface area contributed by atoms with E-state index in [1.165, 1.54) is 31.2 Å². The first-order chi connectivity index (χ1) is 9.60. The number of halogens is 1. The van der Waals surface area contributed by atoms with E-state index in [4.69, 9.17) is 11.6 Å². The maximum atomic E-state index is 5.99. The molecule has 0 radical (unpaired) electrons. The minimum absolute atomic E-state index is 0.360. The van der Waals surface area contributed by atoms with Crippen LogP contribution in [0.4, 0.5) is 0 Å². The molecule has 0 heterocycles. The lowest BCUT2D eigenvalue weighted by Gasteiger charge is -2.32. The van der Waals surface area contributed by atoms with Crippen LogP contribution in [0.25, 0.3) is 0 Å². The first kappa shape index (κ1) is 17.9. The minimum atomic E-state index is 0.360. The number of hydrogen-bond donors (Lipinski definition) is 1. The van der Waals surface area contributed by atoms with Crippen LogP contribution in [0.5, 0.6) is 0 Å². The molecule has 0 saturated carbocycles. The maximum Gasteiger partial charge on any atom is 0.0406 e. The number of benzene rings is 1. The van der Waals surface area contributed by atoms with E-state index in [0.717, 1.165) is 11.6 Å². The van der Waals surface area contributed by atoms with Crippen LogP contribution in [-0.2, 0) is 0 Å². The molecular weight excluding hydrogens is 286 g/mol. The fourth-order valence-electron chi connectivity index (χ4n) is 2.54. The Morgan fingerprint density at radius 3 is 2.20 bits per heavy atom. The van der Waals surface area contributed by atoms with Gasteiger partial charge in [-0.2, -0.15) is 11.8 Å². The highest BCUT2D eigenvalue weighted by molar-refractivity contribution is 8.00. The third-order valence-electron chi connectivity index (χ3n) is 4.24. The normalized spacial score (nSPS) is 13.4. The SMILES string of the molecule is CCCC(NCC(CC)(CC)SC)c1ccc(Cl)cc1. The predicted octanol–water partition coefficient (Wildman–Crippen LogP) is 5.69. The molecule has 0 aromatic heterocycles. The zero-order valence-corrected chi connectivity index (χ0v) is 14.8. The van der Waals surface area contributed by atoms with Gasteiger partial charge in [0.15, 0.2) is 0 Å². The van der Waals surface area contributed by atoms with Gasteiger partial charge in [-0.1, -0.05) is 50.9 Å². The third-order valence-corrected chi connectivity index (χ3v) is 6.08. The van der Waals surface area contributed by atoms with Gasteiger partial charge in [-0.3, -0.25) is 0 Å². The van der Waals surface area contributed by atoms with Gasteiger partial charge in [-0.05, 0) is 43.2 Å². The van der Waals surface area contributed by atoms with E-state index < -0.39 is 0 Å². The van der Waals surface area contributed by atoms with Crippen LogP contribution in [-0.4, -0.2) is 17.5 Å². The Kier molecular flexibility index (Phi) is 8.01. The van der Waals surface area contributed by atoms with E-state index in [-0.39, 0.29) is 0 Å². The van der Waals surface area contributed by atoms with Crippen molar-refractivity contribution in [3.05, 3.63) is 34.9 Å². The molecule has 1 aromatic rings. The molecule has 1 N–H and O–H groups in total. The largest absolute Gasteiger partial charge is 0.309 e. The molecule has 0 aliphatic heterocycles. The Bertz CT molecular complexity index is 365. The summed E-state index contributed by atoms with van der Waals surface area (Å²) in [5, 5.41) is 4.60. The summed E-state index contributed by atoms with van der Waals surface area (Å²) < 4.78 is 0.360. The molecule has 0 fully saturated rings. The first-order valence-corrected chi connectivity index (χ1v) is 9.25. The van der Waals surface area contributed by atoms with E-state index in [1.807, 2.05) is 23.9 Å². The summed E-state index contributed by atoms with van der Waals surface area (Å²) in [7, 11) is 0. The summed E-state index contributed by atoms with van der Waals surface area (Å²) in [6.07, 6.45) is 6.99. The molecule has 20 heavy (non-hydrogen) atoms.